The molecular formula is C17H21N5O2. The molecule has 7 nitrogen and oxygen atoms in total. The van der Waals surface area contributed by atoms with Crippen LogP contribution in [0, 0.1) is 0 Å². The summed E-state index contributed by atoms with van der Waals surface area (Å²) in [5.41, 5.74) is 0.605. The number of hydrogen-bond donors (Lipinski definition) is 3. The molecule has 1 aromatic carbocycles. The van der Waals surface area contributed by atoms with E-state index in [1.807, 2.05) is 12.3 Å². The molecule has 1 aromatic heterocycles. The minimum atomic E-state index is -0.696. The zero-order valence-electron chi connectivity index (χ0n) is 13.6. The van der Waals surface area contributed by atoms with E-state index in [0.29, 0.717) is 24.2 Å². The predicted octanol–water partition coefficient (Wildman–Crippen LogP) is 1.56. The molecular weight excluding hydrogens is 306 g/mol. The van der Waals surface area contributed by atoms with Gasteiger partial charge in [0.1, 0.15) is 5.54 Å². The summed E-state index contributed by atoms with van der Waals surface area (Å²) >= 11 is 0. The smallest absolute Gasteiger partial charge is 0.252 e. The number of carbonyl (C=O) groups excluding carboxylic acids is 2. The van der Waals surface area contributed by atoms with Gasteiger partial charge in [-0.25, -0.2) is 0 Å². The number of hydrogen-bond acceptors (Lipinski definition) is 4. The molecule has 2 amide bonds. The van der Waals surface area contributed by atoms with Crippen molar-refractivity contribution < 1.29 is 9.59 Å². The van der Waals surface area contributed by atoms with Crippen LogP contribution in [0.3, 0.4) is 0 Å². The standard InChI is InChI=1S/C17H21N5O2/c1-13(23)20-14-4-2-5-15(12-14)21-16(24)17(6-9-18-10-7-17)22-11-3-8-19-22/h2-5,8,11-12,18H,6-7,9-10H2,1H3,(H,20,23)(H,21,24). The highest BCUT2D eigenvalue weighted by Gasteiger charge is 2.42. The van der Waals surface area contributed by atoms with Crippen LogP contribution in [0.15, 0.2) is 42.7 Å². The Labute approximate surface area is 140 Å². The molecule has 24 heavy (non-hydrogen) atoms. The van der Waals surface area contributed by atoms with Gasteiger partial charge >= 0.3 is 0 Å². The van der Waals surface area contributed by atoms with Crippen molar-refractivity contribution in [1.82, 2.24) is 15.1 Å². The van der Waals surface area contributed by atoms with Crippen LogP contribution in [0.5, 0.6) is 0 Å². The van der Waals surface area contributed by atoms with Crippen molar-refractivity contribution in [2.45, 2.75) is 25.3 Å². The van der Waals surface area contributed by atoms with Gasteiger partial charge in [0, 0.05) is 30.7 Å². The van der Waals surface area contributed by atoms with Crippen LogP contribution in [-0.4, -0.2) is 34.7 Å². The summed E-state index contributed by atoms with van der Waals surface area (Å²) in [7, 11) is 0. The summed E-state index contributed by atoms with van der Waals surface area (Å²) in [5.74, 6) is -0.238. The molecule has 7 heteroatoms. The number of nitrogens with zero attached hydrogens (tertiary/aromatic N) is 2. The average Bonchev–Trinajstić information content (AvgIpc) is 3.10. The molecule has 0 radical (unpaired) electrons. The van der Waals surface area contributed by atoms with E-state index >= 15 is 0 Å². The Morgan fingerprint density at radius 1 is 1.17 bits per heavy atom. The third-order valence-electron chi connectivity index (χ3n) is 4.24. The molecule has 1 fully saturated rings. The van der Waals surface area contributed by atoms with Crippen molar-refractivity contribution in [2.75, 3.05) is 23.7 Å². The topological polar surface area (TPSA) is 88.1 Å². The minimum Gasteiger partial charge on any atom is -0.326 e. The number of amides is 2. The lowest BCUT2D eigenvalue weighted by atomic mass is 9.87. The van der Waals surface area contributed by atoms with Gasteiger partial charge in [-0.1, -0.05) is 6.07 Å². The number of benzene rings is 1. The monoisotopic (exact) mass is 327 g/mol. The molecule has 0 aliphatic carbocycles. The highest BCUT2D eigenvalue weighted by atomic mass is 16.2. The summed E-state index contributed by atoms with van der Waals surface area (Å²) in [6, 6.07) is 8.96. The molecule has 2 aromatic rings. The summed E-state index contributed by atoms with van der Waals surface area (Å²) in [6.45, 7) is 2.98. The van der Waals surface area contributed by atoms with E-state index in [4.69, 9.17) is 0 Å². The van der Waals surface area contributed by atoms with Gasteiger partial charge in [-0.2, -0.15) is 5.10 Å². The van der Waals surface area contributed by atoms with Crippen LogP contribution in [-0.2, 0) is 15.1 Å². The first-order chi connectivity index (χ1) is 11.6. The molecule has 0 spiro atoms. The van der Waals surface area contributed by atoms with Crippen LogP contribution in [0.2, 0.25) is 0 Å². The second kappa shape index (κ2) is 6.84. The Kier molecular flexibility index (Phi) is 4.61. The van der Waals surface area contributed by atoms with Crippen molar-refractivity contribution >= 4 is 23.2 Å². The highest BCUT2D eigenvalue weighted by Crippen LogP contribution is 2.29. The lowest BCUT2D eigenvalue weighted by molar-refractivity contribution is -0.126. The molecule has 0 atom stereocenters. The van der Waals surface area contributed by atoms with Crippen molar-refractivity contribution in [3.05, 3.63) is 42.7 Å². The molecule has 1 aliphatic rings. The van der Waals surface area contributed by atoms with E-state index in [0.717, 1.165) is 13.1 Å². The van der Waals surface area contributed by atoms with Gasteiger partial charge in [0.15, 0.2) is 0 Å². The van der Waals surface area contributed by atoms with E-state index in [9.17, 15) is 9.59 Å². The molecule has 3 rings (SSSR count). The molecule has 126 valence electrons. The minimum absolute atomic E-state index is 0.0901. The van der Waals surface area contributed by atoms with Gasteiger partial charge in [-0.3, -0.25) is 14.3 Å². The zero-order chi connectivity index (χ0) is 17.0. The maximum absolute atomic E-state index is 13.0. The SMILES string of the molecule is CC(=O)Nc1cccc(NC(=O)C2(n3cccn3)CCNCC2)c1. The van der Waals surface area contributed by atoms with Gasteiger partial charge in [0.05, 0.1) is 0 Å². The number of rotatable bonds is 4. The molecule has 0 bridgehead atoms. The number of anilines is 2. The van der Waals surface area contributed by atoms with Gasteiger partial charge < -0.3 is 16.0 Å². The Balaban J connectivity index is 1.83. The number of carbonyl (C=O) groups is 2. The Bertz CT molecular complexity index is 720. The molecule has 2 heterocycles. The maximum Gasteiger partial charge on any atom is 0.252 e. The fraction of sp³-hybridized carbons (Fsp3) is 0.353. The van der Waals surface area contributed by atoms with Crippen molar-refractivity contribution in [1.29, 1.82) is 0 Å². The summed E-state index contributed by atoms with van der Waals surface area (Å²) in [6.07, 6.45) is 4.87. The van der Waals surface area contributed by atoms with Gasteiger partial charge in [0.25, 0.3) is 5.91 Å². The van der Waals surface area contributed by atoms with E-state index in [2.05, 4.69) is 21.0 Å². The second-order valence-corrected chi connectivity index (χ2v) is 5.95. The van der Waals surface area contributed by atoms with Crippen LogP contribution >= 0.6 is 0 Å². The number of nitrogens with one attached hydrogen (secondary N) is 3. The third-order valence-corrected chi connectivity index (χ3v) is 4.24. The largest absolute Gasteiger partial charge is 0.326 e. The van der Waals surface area contributed by atoms with E-state index in [1.54, 1.807) is 35.1 Å². The average molecular weight is 327 g/mol. The van der Waals surface area contributed by atoms with E-state index < -0.39 is 5.54 Å². The second-order valence-electron chi connectivity index (χ2n) is 5.95. The van der Waals surface area contributed by atoms with Gasteiger partial charge in [-0.05, 0) is 50.2 Å². The van der Waals surface area contributed by atoms with E-state index in [1.165, 1.54) is 6.92 Å². The van der Waals surface area contributed by atoms with Crippen molar-refractivity contribution in [2.24, 2.45) is 0 Å². The van der Waals surface area contributed by atoms with Crippen LogP contribution in [0.25, 0.3) is 0 Å². The maximum atomic E-state index is 13.0. The van der Waals surface area contributed by atoms with Gasteiger partial charge in [0.2, 0.25) is 5.91 Å². The first-order valence-corrected chi connectivity index (χ1v) is 8.00. The Morgan fingerprint density at radius 2 is 1.88 bits per heavy atom. The van der Waals surface area contributed by atoms with Crippen molar-refractivity contribution in [3.63, 3.8) is 0 Å². The zero-order valence-corrected chi connectivity index (χ0v) is 13.6. The lowest BCUT2D eigenvalue weighted by Crippen LogP contribution is -2.52. The van der Waals surface area contributed by atoms with Crippen LogP contribution in [0.4, 0.5) is 11.4 Å². The number of aromatic nitrogens is 2. The normalized spacial score (nSPS) is 16.4. The van der Waals surface area contributed by atoms with E-state index in [-0.39, 0.29) is 11.8 Å². The fourth-order valence-corrected chi connectivity index (χ4v) is 3.05. The summed E-state index contributed by atoms with van der Waals surface area (Å²) in [4.78, 5) is 24.2. The predicted molar refractivity (Wildman–Crippen MR) is 91.7 cm³/mol. The molecule has 1 saturated heterocycles. The molecule has 0 saturated carbocycles. The third kappa shape index (κ3) is 3.30. The first-order valence-electron chi connectivity index (χ1n) is 8.00. The molecule has 1 aliphatic heterocycles. The molecule has 3 N–H and O–H groups in total. The Hall–Kier alpha value is -2.67. The fourth-order valence-electron chi connectivity index (χ4n) is 3.05. The quantitative estimate of drug-likeness (QED) is 0.795. The van der Waals surface area contributed by atoms with Crippen molar-refractivity contribution in [3.8, 4) is 0 Å². The summed E-state index contributed by atoms with van der Waals surface area (Å²) in [5, 5.41) is 13.3. The Morgan fingerprint density at radius 3 is 2.50 bits per heavy atom. The summed E-state index contributed by atoms with van der Waals surface area (Å²) < 4.78 is 1.75. The highest BCUT2D eigenvalue weighted by molar-refractivity contribution is 5.97. The molecule has 0 unspecified atom stereocenters. The van der Waals surface area contributed by atoms with Crippen LogP contribution < -0.4 is 16.0 Å². The number of piperidine rings is 1. The first kappa shape index (κ1) is 16.2. The lowest BCUT2D eigenvalue weighted by Gasteiger charge is -2.36. The van der Waals surface area contributed by atoms with Crippen LogP contribution in [0.1, 0.15) is 19.8 Å². The van der Waals surface area contributed by atoms with Gasteiger partial charge in [-0.15, -0.1) is 0 Å².